The highest BCUT2D eigenvalue weighted by Gasteiger charge is 2.15. The second kappa shape index (κ2) is 41.3. The Hall–Kier alpha value is -9.68. The lowest BCUT2D eigenvalue weighted by molar-refractivity contribution is 0.171. The lowest BCUT2D eigenvalue weighted by Crippen LogP contribution is -2.15. The van der Waals surface area contributed by atoms with Crippen molar-refractivity contribution < 1.29 is 18.9 Å². The van der Waals surface area contributed by atoms with Crippen molar-refractivity contribution in [3.63, 3.8) is 0 Å². The Morgan fingerprint density at radius 2 is 0.814 bits per heavy atom. The largest absolute Gasteiger partial charge is 0.486 e. The van der Waals surface area contributed by atoms with Crippen molar-refractivity contribution in [2.24, 2.45) is 7.05 Å². The van der Waals surface area contributed by atoms with Crippen molar-refractivity contribution in [3.05, 3.63) is 251 Å². The Kier molecular flexibility index (Phi) is 34.3. The molecule has 546 valence electrons. The molecule has 3 N–H and O–H groups in total. The molecular weight excluding hydrogens is 1260 g/mol. The van der Waals surface area contributed by atoms with Crippen LogP contribution in [0.15, 0.2) is 201 Å². The number of hydrogen-bond acceptors (Lipinski definition) is 8. The molecule has 13 aromatic rings. The molecule has 7 aromatic carbocycles. The number of pyridine rings is 1. The van der Waals surface area contributed by atoms with Gasteiger partial charge in [-0.25, -0.2) is 4.98 Å². The molecule has 0 spiro atoms. The molecule has 8 heterocycles. The maximum atomic E-state index is 5.49. The van der Waals surface area contributed by atoms with Gasteiger partial charge in [-0.1, -0.05) is 196 Å². The van der Waals surface area contributed by atoms with Crippen LogP contribution in [-0.2, 0) is 13.5 Å². The van der Waals surface area contributed by atoms with E-state index in [4.69, 9.17) is 18.9 Å². The number of H-pyrrole nitrogens is 3. The topological polar surface area (TPSA) is 141 Å². The van der Waals surface area contributed by atoms with Crippen LogP contribution in [0.2, 0.25) is 0 Å². The lowest BCUT2D eigenvalue weighted by atomic mass is 10.0. The zero-order valence-electron chi connectivity index (χ0n) is 61.4. The number of benzene rings is 7. The van der Waals surface area contributed by atoms with E-state index in [2.05, 4.69) is 304 Å². The molecule has 0 aliphatic carbocycles. The molecule has 0 atom stereocenters. The summed E-state index contributed by atoms with van der Waals surface area (Å²) in [5, 5.41) is 3.94. The van der Waals surface area contributed by atoms with Gasteiger partial charge in [0.05, 0.1) is 28.4 Å². The number of ether oxygens (including phenoxy) is 4. The molecule has 0 fully saturated rings. The zero-order chi connectivity index (χ0) is 70.4. The van der Waals surface area contributed by atoms with E-state index in [1.807, 2.05) is 42.9 Å². The minimum Gasteiger partial charge on any atom is -0.486 e. The Morgan fingerprint density at radius 3 is 1.41 bits per heavy atom. The summed E-state index contributed by atoms with van der Waals surface area (Å²) in [5.41, 5.74) is 19.9. The first kappa shape index (κ1) is 84.7. The fraction of sp³-hybridized carbons (Fsp3) is 0.378. The number of aromatic amines is 3. The van der Waals surface area contributed by atoms with Gasteiger partial charge in [0.1, 0.15) is 13.2 Å². The van der Waals surface area contributed by atoms with E-state index in [0.29, 0.717) is 67.3 Å². The van der Waals surface area contributed by atoms with Gasteiger partial charge in [-0.05, 0) is 224 Å². The van der Waals surface area contributed by atoms with Crippen LogP contribution in [0.5, 0.6) is 23.0 Å². The minimum absolute atomic E-state index is 0. The first-order valence-electron chi connectivity index (χ1n) is 35.1. The van der Waals surface area contributed by atoms with Crippen molar-refractivity contribution in [1.82, 2.24) is 39.5 Å². The molecule has 12 nitrogen and oxygen atoms in total. The number of nitrogens with zero attached hydrogens (tertiary/aromatic N) is 5. The molecule has 2 aliphatic heterocycles. The average Bonchev–Trinajstić information content (AvgIpc) is 1.77. The Morgan fingerprint density at radius 1 is 0.353 bits per heavy atom. The van der Waals surface area contributed by atoms with Crippen LogP contribution in [0.1, 0.15) is 245 Å². The van der Waals surface area contributed by atoms with Crippen LogP contribution < -0.4 is 18.9 Å². The third kappa shape index (κ3) is 24.3. The highest BCUT2D eigenvalue weighted by molar-refractivity contribution is 5.82. The van der Waals surface area contributed by atoms with E-state index in [-0.39, 0.29) is 29.7 Å². The Balaban J connectivity index is 0.000000246. The second-order valence-electron chi connectivity index (χ2n) is 27.6. The monoisotopic (exact) mass is 1380 g/mol. The second-order valence-corrected chi connectivity index (χ2v) is 27.6. The van der Waals surface area contributed by atoms with E-state index >= 15 is 0 Å². The predicted octanol–water partition coefficient (Wildman–Crippen LogP) is 25.8. The molecule has 12 heteroatoms. The van der Waals surface area contributed by atoms with E-state index in [1.165, 1.54) is 82.9 Å². The van der Waals surface area contributed by atoms with Gasteiger partial charge in [0.2, 0.25) is 6.79 Å². The van der Waals surface area contributed by atoms with Crippen LogP contribution in [-0.4, -0.2) is 59.5 Å². The fourth-order valence-corrected chi connectivity index (χ4v) is 10.9. The van der Waals surface area contributed by atoms with Crippen molar-refractivity contribution in [1.29, 1.82) is 0 Å². The molecule has 0 amide bonds. The van der Waals surface area contributed by atoms with Crippen LogP contribution >= 0.6 is 0 Å². The third-order valence-electron chi connectivity index (χ3n) is 17.5. The van der Waals surface area contributed by atoms with Gasteiger partial charge in [-0.15, -0.1) is 0 Å². The van der Waals surface area contributed by atoms with Crippen LogP contribution in [0.3, 0.4) is 0 Å². The van der Waals surface area contributed by atoms with Gasteiger partial charge in [0.25, 0.3) is 0 Å². The number of imidazole rings is 1. The van der Waals surface area contributed by atoms with Crippen LogP contribution in [0, 0.1) is 0 Å². The van der Waals surface area contributed by atoms with E-state index in [9.17, 15) is 0 Å². The fourth-order valence-electron chi connectivity index (χ4n) is 10.9. The molecule has 0 unspecified atom stereocenters. The van der Waals surface area contributed by atoms with E-state index in [0.717, 1.165) is 51.5 Å². The molecule has 2 aliphatic rings. The maximum absolute atomic E-state index is 5.49. The summed E-state index contributed by atoms with van der Waals surface area (Å²) in [6.45, 7) is 38.9. The van der Waals surface area contributed by atoms with Crippen molar-refractivity contribution in [2.75, 3.05) is 20.0 Å². The molecule has 0 bridgehead atoms. The lowest BCUT2D eigenvalue weighted by Gasteiger charge is -2.19. The van der Waals surface area contributed by atoms with Gasteiger partial charge in [0.15, 0.2) is 23.0 Å². The summed E-state index contributed by atoms with van der Waals surface area (Å²) in [5.74, 6) is 8.08. The Bertz CT molecular complexity index is 4380. The first-order valence-corrected chi connectivity index (χ1v) is 35.1. The van der Waals surface area contributed by atoms with Gasteiger partial charge >= 0.3 is 0 Å². The first-order chi connectivity index (χ1) is 47.0. The molecule has 15 rings (SSSR count). The molecule has 0 radical (unpaired) electrons. The van der Waals surface area contributed by atoms with Gasteiger partial charge < -0.3 is 38.5 Å². The van der Waals surface area contributed by atoms with Crippen LogP contribution in [0.4, 0.5) is 0 Å². The number of fused-ring (bicyclic) bond motifs is 7. The van der Waals surface area contributed by atoms with Crippen molar-refractivity contribution in [2.45, 2.75) is 201 Å². The number of nitrogens with one attached hydrogen (secondary N) is 3. The average molecular weight is 1380 g/mol. The highest BCUT2D eigenvalue weighted by Crippen LogP contribution is 2.35. The SMILES string of the molecule is C.C.C.C.CC(C)c1ccc2[nH]ccc2c1.CC(C)c1ccc2c(c1)OCCO2.CC(C)c1ccc2c(c1)OCO2.CC(C)c1ccc2c(ccn2C)c1.CC(C)c1ccc2cc[nH]c2c1.CC(C)c1ccc2nc[nH]c2c1.CC(C)c1ccc2nccnc2c1.CCc1ccnc(C(C)C)c1. The van der Waals surface area contributed by atoms with E-state index in [1.54, 1.807) is 18.7 Å². The predicted molar refractivity (Wildman–Crippen MR) is 438 cm³/mol. The number of hydrogen-bond donors (Lipinski definition) is 3. The summed E-state index contributed by atoms with van der Waals surface area (Å²) in [6.07, 6.45) is 14.2. The highest BCUT2D eigenvalue weighted by atomic mass is 16.7. The summed E-state index contributed by atoms with van der Waals surface area (Å²) in [6, 6.07) is 55.3. The molecule has 102 heavy (non-hydrogen) atoms. The Labute approximate surface area is 612 Å². The summed E-state index contributed by atoms with van der Waals surface area (Å²) >= 11 is 0. The van der Waals surface area contributed by atoms with Gasteiger partial charge in [-0.3, -0.25) is 15.0 Å². The number of rotatable bonds is 9. The molecular formula is C90H122N8O4. The third-order valence-corrected chi connectivity index (χ3v) is 17.5. The summed E-state index contributed by atoms with van der Waals surface area (Å²) < 4.78 is 23.6. The quantitative estimate of drug-likeness (QED) is 0.130. The minimum atomic E-state index is 0. The zero-order valence-corrected chi connectivity index (χ0v) is 61.4. The normalized spacial score (nSPS) is 11.5. The summed E-state index contributed by atoms with van der Waals surface area (Å²) in [4.78, 5) is 26.4. The van der Waals surface area contributed by atoms with Gasteiger partial charge in [0, 0.05) is 66.5 Å². The molecule has 6 aromatic heterocycles. The van der Waals surface area contributed by atoms with Crippen LogP contribution in [0.25, 0.3) is 54.8 Å². The number of aromatic nitrogens is 8. The maximum Gasteiger partial charge on any atom is 0.231 e. The summed E-state index contributed by atoms with van der Waals surface area (Å²) in [7, 11) is 2.08. The molecule has 0 saturated carbocycles. The van der Waals surface area contributed by atoms with E-state index < -0.39 is 0 Å². The van der Waals surface area contributed by atoms with Crippen molar-refractivity contribution >= 4 is 54.8 Å². The standard InChI is InChI=1S/C12H15N.C11H12N2.2C11H13N.C11H14O2.C10H12N2.C10H15N.C10H12O2.4CH4/c1-9(2)10-4-5-12-11(8-10)6-7-13(12)3;1-8(2)9-3-4-10-11(7-9)13-6-5-12-10;1-8(2)9-3-4-11-10(7-9)5-6-12-11;1-8(2)10-4-3-9-5-6-12-11(9)7-10;1-8(2)9-3-4-10-11(7-9)13-6-5-12-10;1-7(2)8-3-4-9-10(5-8)12-6-11-9;1-4-9-5-6-11-10(7-9)8(2)3;1-7(2)8-3-4-9-10(5-8)12-6-11-9;;;;/h4-9H,1-3H3;3-8H,1-2H3;2*3-8,12H,1-2H3;3-4,7-8H,5-6H2,1-2H3;3-7H,1-2H3,(H,11,12);5-8H,4H2,1-3H3;3-5,7H,6H2,1-2H3;4*1H4. The van der Waals surface area contributed by atoms with Gasteiger partial charge in [-0.2, -0.15) is 0 Å². The smallest absolute Gasteiger partial charge is 0.231 e. The molecule has 0 saturated heterocycles. The number of aryl methyl sites for hydroxylation is 2. The van der Waals surface area contributed by atoms with Crippen molar-refractivity contribution in [3.8, 4) is 23.0 Å².